The van der Waals surface area contributed by atoms with E-state index in [4.69, 9.17) is 9.79 Å². The minimum Gasteiger partial charge on any atom is -0.324 e. The van der Waals surface area contributed by atoms with Gasteiger partial charge in [0.1, 0.15) is 0 Å². The van der Waals surface area contributed by atoms with Gasteiger partial charge in [-0.1, -0.05) is 31.2 Å². The third-order valence-electron chi connectivity index (χ3n) is 1.07. The summed E-state index contributed by atoms with van der Waals surface area (Å²) in [5.41, 5.74) is 0. The van der Waals surface area contributed by atoms with Crippen molar-refractivity contribution in [1.82, 2.24) is 0 Å². The molecule has 0 spiro atoms. The Morgan fingerprint density at radius 1 is 1.36 bits per heavy atom. The zero-order valence-corrected chi connectivity index (χ0v) is 7.37. The highest BCUT2D eigenvalue weighted by Gasteiger charge is 2.05. The first kappa shape index (κ1) is 10.6. The molecule has 0 unspecified atom stereocenters. The zero-order valence-electron chi connectivity index (χ0n) is 6.47. The van der Waals surface area contributed by atoms with Crippen LogP contribution in [0.2, 0.25) is 0 Å². The van der Waals surface area contributed by atoms with Crippen LogP contribution in [0.4, 0.5) is 0 Å². The molecule has 0 saturated carbocycles. The van der Waals surface area contributed by atoms with Gasteiger partial charge >= 0.3 is 7.60 Å². The van der Waals surface area contributed by atoms with Crippen LogP contribution in [0.3, 0.4) is 0 Å². The van der Waals surface area contributed by atoms with Crippen molar-refractivity contribution in [2.45, 2.75) is 13.3 Å². The van der Waals surface area contributed by atoms with Gasteiger partial charge in [0.05, 0.1) is 0 Å². The summed E-state index contributed by atoms with van der Waals surface area (Å²) in [5.74, 6) is 0. The van der Waals surface area contributed by atoms with Gasteiger partial charge in [-0.15, -0.1) is 0 Å². The summed E-state index contributed by atoms with van der Waals surface area (Å²) in [6.45, 7) is 1.45. The molecular formula is C7H13O3P. The second-order valence-electron chi connectivity index (χ2n) is 2.07. The Labute approximate surface area is 66.6 Å². The fraction of sp³-hybridized carbons (Fsp3) is 0.429. The predicted octanol–water partition coefficient (Wildman–Crippen LogP) is 1.69. The van der Waals surface area contributed by atoms with Crippen molar-refractivity contribution in [1.29, 1.82) is 0 Å². The molecule has 64 valence electrons. The molecule has 1 aliphatic rings. The lowest BCUT2D eigenvalue weighted by Gasteiger charge is -1.92. The molecule has 0 atom stereocenters. The summed E-state index contributed by atoms with van der Waals surface area (Å²) in [7, 11) is -3.65. The van der Waals surface area contributed by atoms with Crippen molar-refractivity contribution in [3.8, 4) is 0 Å². The van der Waals surface area contributed by atoms with Gasteiger partial charge in [0.2, 0.25) is 0 Å². The van der Waals surface area contributed by atoms with Gasteiger partial charge in [0, 0.05) is 6.16 Å². The lowest BCUT2D eigenvalue weighted by Crippen LogP contribution is -1.76. The summed E-state index contributed by atoms with van der Waals surface area (Å²) >= 11 is 0. The van der Waals surface area contributed by atoms with Crippen LogP contribution in [0.1, 0.15) is 13.3 Å². The second kappa shape index (κ2) is 5.30. The monoisotopic (exact) mass is 176 g/mol. The highest BCUT2D eigenvalue weighted by molar-refractivity contribution is 7.51. The standard InChI is InChI=1S/C5H6.C2H7O3P/c1-2-4-5-3-1;1-2-6(3,4)5/h1-4H,5H2;2H2,1H3,(H2,3,4,5). The maximum Gasteiger partial charge on any atom is 0.325 e. The number of allylic oxidation sites excluding steroid dienone is 4. The molecule has 11 heavy (non-hydrogen) atoms. The normalized spacial score (nSPS) is 14.5. The number of hydrogen-bond acceptors (Lipinski definition) is 1. The molecule has 0 heterocycles. The van der Waals surface area contributed by atoms with Gasteiger partial charge in [0.25, 0.3) is 0 Å². The molecule has 1 rings (SSSR count). The molecule has 0 radical (unpaired) electrons. The second-order valence-corrected chi connectivity index (χ2v) is 4.03. The van der Waals surface area contributed by atoms with Crippen LogP contribution >= 0.6 is 7.60 Å². The third kappa shape index (κ3) is 9.63. The largest absolute Gasteiger partial charge is 0.325 e. The molecule has 4 heteroatoms. The SMILES string of the molecule is C1=CCC=C1.CCP(=O)(O)O. The molecule has 0 bridgehead atoms. The molecular weight excluding hydrogens is 163 g/mol. The summed E-state index contributed by atoms with van der Waals surface area (Å²) in [4.78, 5) is 15.9. The van der Waals surface area contributed by atoms with Crippen molar-refractivity contribution in [2.75, 3.05) is 6.16 Å². The van der Waals surface area contributed by atoms with Crippen LogP contribution in [0, 0.1) is 0 Å². The average Bonchev–Trinajstić information content (AvgIpc) is 2.41. The fourth-order valence-corrected chi connectivity index (χ4v) is 0.393. The van der Waals surface area contributed by atoms with Gasteiger partial charge in [0.15, 0.2) is 0 Å². The van der Waals surface area contributed by atoms with Crippen LogP contribution in [-0.4, -0.2) is 15.9 Å². The smallest absolute Gasteiger partial charge is 0.324 e. The van der Waals surface area contributed by atoms with Crippen molar-refractivity contribution >= 4 is 7.60 Å². The lowest BCUT2D eigenvalue weighted by atomic mass is 10.5. The summed E-state index contributed by atoms with van der Waals surface area (Å²) in [6, 6.07) is 0. The van der Waals surface area contributed by atoms with E-state index in [1.807, 2.05) is 0 Å². The van der Waals surface area contributed by atoms with Crippen LogP contribution in [0.15, 0.2) is 24.3 Å². The maximum absolute atomic E-state index is 9.69. The van der Waals surface area contributed by atoms with Crippen molar-refractivity contribution < 1.29 is 14.4 Å². The molecule has 0 saturated heterocycles. The Bertz CT molecular complexity index is 180. The first-order valence-corrected chi connectivity index (χ1v) is 5.22. The van der Waals surface area contributed by atoms with Crippen LogP contribution in [0.5, 0.6) is 0 Å². The fourth-order valence-electron chi connectivity index (χ4n) is 0.393. The van der Waals surface area contributed by atoms with Crippen LogP contribution < -0.4 is 0 Å². The van der Waals surface area contributed by atoms with E-state index in [1.165, 1.54) is 6.92 Å². The Kier molecular flexibility index (Phi) is 5.12. The lowest BCUT2D eigenvalue weighted by molar-refractivity contribution is 0.375. The van der Waals surface area contributed by atoms with E-state index >= 15 is 0 Å². The van der Waals surface area contributed by atoms with E-state index in [0.29, 0.717) is 0 Å². The first-order valence-electron chi connectivity index (χ1n) is 3.42. The zero-order chi connectivity index (χ0) is 8.74. The number of hydrogen-bond donors (Lipinski definition) is 2. The maximum atomic E-state index is 9.69. The average molecular weight is 176 g/mol. The molecule has 0 aromatic carbocycles. The molecule has 0 amide bonds. The number of rotatable bonds is 1. The van der Waals surface area contributed by atoms with E-state index in [1.54, 1.807) is 0 Å². The molecule has 0 aliphatic heterocycles. The van der Waals surface area contributed by atoms with Crippen molar-refractivity contribution in [3.05, 3.63) is 24.3 Å². The van der Waals surface area contributed by atoms with E-state index in [-0.39, 0.29) is 6.16 Å². The van der Waals surface area contributed by atoms with Crippen molar-refractivity contribution in [3.63, 3.8) is 0 Å². The Balaban J connectivity index is 0.000000183. The van der Waals surface area contributed by atoms with Gasteiger partial charge in [-0.25, -0.2) is 0 Å². The minimum absolute atomic E-state index is 0.0625. The van der Waals surface area contributed by atoms with Gasteiger partial charge in [-0.05, 0) is 6.42 Å². The highest BCUT2D eigenvalue weighted by atomic mass is 31.2. The quantitative estimate of drug-likeness (QED) is 0.597. The summed E-state index contributed by atoms with van der Waals surface area (Å²) < 4.78 is 9.69. The predicted molar refractivity (Wildman–Crippen MR) is 45.5 cm³/mol. The molecule has 0 aromatic rings. The summed E-state index contributed by atoms with van der Waals surface area (Å²) in [6.07, 6.45) is 9.44. The minimum atomic E-state index is -3.65. The molecule has 1 aliphatic carbocycles. The summed E-state index contributed by atoms with van der Waals surface area (Å²) in [5, 5.41) is 0. The molecule has 0 aromatic heterocycles. The first-order chi connectivity index (χ1) is 5.06. The topological polar surface area (TPSA) is 57.5 Å². The van der Waals surface area contributed by atoms with Crippen molar-refractivity contribution in [2.24, 2.45) is 0 Å². The van der Waals surface area contributed by atoms with Crippen LogP contribution in [-0.2, 0) is 4.57 Å². The molecule has 0 fully saturated rings. The van der Waals surface area contributed by atoms with Crippen LogP contribution in [0.25, 0.3) is 0 Å². The molecule has 3 nitrogen and oxygen atoms in total. The Hall–Kier alpha value is -0.370. The Morgan fingerprint density at radius 3 is 1.82 bits per heavy atom. The van der Waals surface area contributed by atoms with Gasteiger partial charge in [-0.3, -0.25) is 4.57 Å². The van der Waals surface area contributed by atoms with E-state index < -0.39 is 7.60 Å². The van der Waals surface area contributed by atoms with E-state index in [2.05, 4.69) is 24.3 Å². The Morgan fingerprint density at radius 2 is 1.73 bits per heavy atom. The third-order valence-corrected chi connectivity index (χ3v) is 1.89. The van der Waals surface area contributed by atoms with Gasteiger partial charge < -0.3 is 9.79 Å². The van der Waals surface area contributed by atoms with E-state index in [9.17, 15) is 4.57 Å². The van der Waals surface area contributed by atoms with E-state index in [0.717, 1.165) is 6.42 Å². The highest BCUT2D eigenvalue weighted by Crippen LogP contribution is 2.32. The van der Waals surface area contributed by atoms with Gasteiger partial charge in [-0.2, -0.15) is 0 Å². The molecule has 2 N–H and O–H groups in total.